The van der Waals surface area contributed by atoms with Gasteiger partial charge in [0.25, 0.3) is 0 Å². The van der Waals surface area contributed by atoms with E-state index < -0.39 is 9.85 Å². The van der Waals surface area contributed by atoms with Gasteiger partial charge in [0.15, 0.2) is 0 Å². The predicted octanol–water partition coefficient (Wildman–Crippen LogP) is -1.83. The van der Waals surface area contributed by atoms with E-state index in [9.17, 15) is 20.2 Å². The van der Waals surface area contributed by atoms with Crippen molar-refractivity contribution in [3.8, 4) is 0 Å². The monoisotopic (exact) mass is 336 g/mol. The molecule has 0 N–H and O–H groups in total. The topological polar surface area (TPSA) is 86.3 Å². The molecule has 0 aromatic heterocycles. The van der Waals surface area contributed by atoms with Crippen LogP contribution in [0.4, 0.5) is 0 Å². The molecule has 0 aromatic rings. The number of nitrogens with zero attached hydrogens (tertiary/aromatic N) is 2. The van der Waals surface area contributed by atoms with E-state index in [1.54, 1.807) is 0 Å². The van der Waals surface area contributed by atoms with Crippen LogP contribution in [0.5, 0.6) is 0 Å². The van der Waals surface area contributed by atoms with E-state index in [2.05, 4.69) is 50.5 Å². The molecule has 0 atom stereocenters. The Hall–Kier alpha value is 0.174. The Morgan fingerprint density at radius 3 is 1.07 bits per heavy atom. The number of hydrogen-bond donors (Lipinski definition) is 0. The summed E-state index contributed by atoms with van der Waals surface area (Å²) in [4.78, 5) is 17.8. The van der Waals surface area contributed by atoms with Crippen LogP contribution in [0.2, 0.25) is 0 Å². The van der Waals surface area contributed by atoms with Gasteiger partial charge in [-0.15, -0.1) is 0 Å². The molecule has 6 nitrogen and oxygen atoms in total. The van der Waals surface area contributed by atoms with E-state index in [1.807, 2.05) is 0 Å². The van der Waals surface area contributed by atoms with Crippen LogP contribution < -0.4 is 0 Å². The molecule has 0 fully saturated rings. The van der Waals surface area contributed by atoms with E-state index in [1.165, 1.54) is 0 Å². The van der Waals surface area contributed by atoms with Crippen molar-refractivity contribution < 1.29 is 26.3 Å². The van der Waals surface area contributed by atoms with Crippen molar-refractivity contribution in [2.24, 2.45) is 0 Å². The van der Waals surface area contributed by atoms with Gasteiger partial charge in [-0.2, -0.15) is 0 Å². The molecule has 0 aliphatic heterocycles. The average molecular weight is 337 g/mol. The SMILES string of the molecule is O=[N+]([O-])C=C([SH2+])[SH2+].O=[N+]([O-])C=C([SH2+])[SH2+].[Ni+2]. The van der Waals surface area contributed by atoms with Gasteiger partial charge >= 0.3 is 37.4 Å². The number of nitro groups is 2. The second-order valence-electron chi connectivity index (χ2n) is 1.66. The van der Waals surface area contributed by atoms with Crippen molar-refractivity contribution in [2.45, 2.75) is 0 Å². The summed E-state index contributed by atoms with van der Waals surface area (Å²) in [6.07, 6.45) is 1.60. The molecule has 0 saturated heterocycles. The molecule has 0 unspecified atom stereocenters. The Balaban J connectivity index is -0.000000180. The van der Waals surface area contributed by atoms with Crippen LogP contribution in [-0.4, -0.2) is 9.85 Å². The summed E-state index contributed by atoms with van der Waals surface area (Å²) in [6.45, 7) is 0. The van der Waals surface area contributed by atoms with Crippen molar-refractivity contribution in [1.29, 1.82) is 0 Å². The first-order valence-corrected chi connectivity index (χ1v) is 4.82. The van der Waals surface area contributed by atoms with Gasteiger partial charge in [-0.3, -0.25) is 20.2 Å². The van der Waals surface area contributed by atoms with Crippen LogP contribution in [-0.2, 0) is 67.0 Å². The second-order valence-corrected chi connectivity index (χ2v) is 4.81. The molecule has 0 heterocycles. The van der Waals surface area contributed by atoms with Gasteiger partial charge in [-0.1, -0.05) is 0 Å². The summed E-state index contributed by atoms with van der Waals surface area (Å²) in [5.74, 6) is 0. The molecular formula is C4H10N2NiO4S4+6. The molecule has 0 aromatic carbocycles. The first-order valence-electron chi connectivity index (χ1n) is 2.82. The molecule has 0 amide bonds. The molecule has 0 bridgehead atoms. The molecule has 0 aliphatic rings. The Morgan fingerprint density at radius 2 is 1.07 bits per heavy atom. The summed E-state index contributed by atoms with van der Waals surface area (Å²) in [5, 5.41) is 19.0. The summed E-state index contributed by atoms with van der Waals surface area (Å²) in [5.41, 5.74) is 0. The maximum atomic E-state index is 9.48. The Bertz CT molecular complexity index is 246. The van der Waals surface area contributed by atoms with Crippen molar-refractivity contribution >= 4 is 50.5 Å². The zero-order valence-electron chi connectivity index (χ0n) is 7.00. The molecule has 15 heavy (non-hydrogen) atoms. The minimum absolute atomic E-state index is 0. The third-order valence-electron chi connectivity index (χ3n) is 0.469. The molecule has 88 valence electrons. The van der Waals surface area contributed by atoms with Crippen molar-refractivity contribution in [3.63, 3.8) is 0 Å². The van der Waals surface area contributed by atoms with Crippen molar-refractivity contribution in [1.82, 2.24) is 0 Å². The summed E-state index contributed by atoms with van der Waals surface area (Å²) in [7, 11) is 0. The smallest absolute Gasteiger partial charge is 0.259 e. The van der Waals surface area contributed by atoms with Gasteiger partial charge in [-0.25, -0.2) is 0 Å². The van der Waals surface area contributed by atoms with Crippen molar-refractivity contribution in [2.75, 3.05) is 0 Å². The third kappa shape index (κ3) is 31.4. The third-order valence-corrected chi connectivity index (χ3v) is 0.985. The zero-order valence-corrected chi connectivity index (χ0v) is 12.0. The van der Waals surface area contributed by atoms with Gasteiger partial charge in [0.2, 0.25) is 0 Å². The summed E-state index contributed by atoms with van der Waals surface area (Å²) < 4.78 is 0.648. The molecular weight excluding hydrogens is 327 g/mol. The van der Waals surface area contributed by atoms with Crippen LogP contribution in [0.3, 0.4) is 0 Å². The summed E-state index contributed by atoms with van der Waals surface area (Å²) in [6, 6.07) is 0. The van der Waals surface area contributed by atoms with E-state index in [0.29, 0.717) is 8.47 Å². The van der Waals surface area contributed by atoms with Gasteiger partial charge in [0, 0.05) is 50.5 Å². The van der Waals surface area contributed by atoms with E-state index in [4.69, 9.17) is 0 Å². The minimum atomic E-state index is -0.560. The fourth-order valence-electron chi connectivity index (χ4n) is 0.211. The molecule has 0 saturated carbocycles. The van der Waals surface area contributed by atoms with Crippen molar-refractivity contribution in [3.05, 3.63) is 41.1 Å². The van der Waals surface area contributed by atoms with Crippen LogP contribution >= 0.6 is 0 Å². The molecule has 0 aliphatic carbocycles. The van der Waals surface area contributed by atoms with E-state index in [0.717, 1.165) is 12.4 Å². The first-order chi connectivity index (χ1) is 6.25. The van der Waals surface area contributed by atoms with Gasteiger partial charge in [0.05, 0.1) is 9.85 Å². The second kappa shape index (κ2) is 12.2. The van der Waals surface area contributed by atoms with Gasteiger partial charge in [-0.05, 0) is 0 Å². The number of rotatable bonds is 2. The maximum absolute atomic E-state index is 9.48. The van der Waals surface area contributed by atoms with Crippen LogP contribution in [0.15, 0.2) is 20.9 Å². The fourth-order valence-corrected chi connectivity index (χ4v) is 0.632. The standard InChI is InChI=1S/2C2H3NO2S2.Ni/c2*4-3(5)1-2(6)7;/h2*1,6-7H;/q;;+2/p+4. The molecule has 0 radical (unpaired) electrons. The normalized spacial score (nSPS) is 7.20. The molecule has 11 heteroatoms. The Labute approximate surface area is 117 Å². The molecule has 0 spiro atoms. The quantitative estimate of drug-likeness (QED) is 0.257. The average Bonchev–Trinajstić information content (AvgIpc) is 1.79. The minimum Gasteiger partial charge on any atom is -0.259 e. The summed E-state index contributed by atoms with van der Waals surface area (Å²) >= 11 is 11.4. The Kier molecular flexibility index (Phi) is 16.8. The largest absolute Gasteiger partial charge is 2.00 e. The van der Waals surface area contributed by atoms with Gasteiger partial charge in [0.1, 0.15) is 0 Å². The zero-order chi connectivity index (χ0) is 11.7. The van der Waals surface area contributed by atoms with E-state index in [-0.39, 0.29) is 16.5 Å². The van der Waals surface area contributed by atoms with Crippen LogP contribution in [0, 0.1) is 20.2 Å². The first kappa shape index (κ1) is 20.6. The fraction of sp³-hybridized carbons (Fsp3) is 0. The van der Waals surface area contributed by atoms with E-state index >= 15 is 0 Å². The Morgan fingerprint density at radius 1 is 0.867 bits per heavy atom. The molecule has 0 rings (SSSR count). The maximum Gasteiger partial charge on any atom is 2.00 e. The predicted molar refractivity (Wildman–Crippen MR) is 70.8 cm³/mol. The van der Waals surface area contributed by atoms with Crippen LogP contribution in [0.1, 0.15) is 0 Å². The van der Waals surface area contributed by atoms with Gasteiger partial charge < -0.3 is 0 Å². The number of hydrogen-bond acceptors (Lipinski definition) is 4. The van der Waals surface area contributed by atoms with Crippen LogP contribution in [0.25, 0.3) is 0 Å².